The molecule has 0 aliphatic rings. The van der Waals surface area contributed by atoms with Crippen molar-refractivity contribution in [3.05, 3.63) is 22.8 Å². The van der Waals surface area contributed by atoms with Crippen LogP contribution in [0.25, 0.3) is 0 Å². The first kappa shape index (κ1) is 18.1. The number of aryl methyl sites for hydroxylation is 2. The predicted molar refractivity (Wildman–Crippen MR) is 87.3 cm³/mol. The highest BCUT2D eigenvalue weighted by Crippen LogP contribution is 2.24. The lowest BCUT2D eigenvalue weighted by Crippen LogP contribution is -2.22. The van der Waals surface area contributed by atoms with Crippen molar-refractivity contribution in [1.29, 1.82) is 0 Å². The maximum atomic E-state index is 5.81. The molecule has 1 heterocycles. The molecule has 1 atom stereocenters. The van der Waals surface area contributed by atoms with Crippen molar-refractivity contribution in [1.82, 2.24) is 15.3 Å². The van der Waals surface area contributed by atoms with E-state index in [0.29, 0.717) is 18.4 Å². The molecule has 1 N–H and O–H groups in total. The van der Waals surface area contributed by atoms with E-state index >= 15 is 0 Å². The zero-order chi connectivity index (χ0) is 16.0. The lowest BCUT2D eigenvalue weighted by Gasteiger charge is -2.21. The van der Waals surface area contributed by atoms with Gasteiger partial charge in [-0.2, -0.15) is 0 Å². The Balaban J connectivity index is 2.92. The third kappa shape index (κ3) is 5.36. The molecule has 1 aromatic heterocycles. The van der Waals surface area contributed by atoms with Gasteiger partial charge < -0.3 is 10.1 Å². The first-order valence-corrected chi connectivity index (χ1v) is 8.03. The van der Waals surface area contributed by atoms with Gasteiger partial charge in [0.05, 0.1) is 0 Å². The number of hydrogen-bond donors (Lipinski definition) is 1. The van der Waals surface area contributed by atoms with Crippen LogP contribution in [-0.2, 0) is 11.3 Å². The van der Waals surface area contributed by atoms with Crippen LogP contribution in [0.2, 0.25) is 0 Å². The summed E-state index contributed by atoms with van der Waals surface area (Å²) in [4.78, 5) is 9.39. The predicted octanol–water partition coefficient (Wildman–Crippen LogP) is 3.57. The Morgan fingerprint density at radius 2 is 1.62 bits per heavy atom. The Morgan fingerprint density at radius 3 is 2.05 bits per heavy atom. The van der Waals surface area contributed by atoms with Gasteiger partial charge in [0.2, 0.25) is 0 Å². The zero-order valence-electron chi connectivity index (χ0n) is 14.7. The fourth-order valence-electron chi connectivity index (χ4n) is 2.38. The Bertz CT molecular complexity index is 421. The Kier molecular flexibility index (Phi) is 7.26. The number of nitrogens with zero attached hydrogens (tertiary/aromatic N) is 2. The summed E-state index contributed by atoms with van der Waals surface area (Å²) in [6.45, 7) is 17.4. The van der Waals surface area contributed by atoms with Gasteiger partial charge in [-0.25, -0.2) is 9.97 Å². The summed E-state index contributed by atoms with van der Waals surface area (Å²) in [5.41, 5.74) is 3.32. The van der Waals surface area contributed by atoms with Crippen LogP contribution < -0.4 is 5.32 Å². The third-order valence-corrected chi connectivity index (χ3v) is 3.50. The largest absolute Gasteiger partial charge is 0.370 e. The van der Waals surface area contributed by atoms with Gasteiger partial charge in [0.15, 0.2) is 5.82 Å². The monoisotopic (exact) mass is 293 g/mol. The quantitative estimate of drug-likeness (QED) is 0.796. The highest BCUT2D eigenvalue weighted by atomic mass is 16.5. The average molecular weight is 293 g/mol. The van der Waals surface area contributed by atoms with E-state index in [-0.39, 0.29) is 6.10 Å². The highest BCUT2D eigenvalue weighted by molar-refractivity contribution is 5.24. The number of hydrogen-bond acceptors (Lipinski definition) is 4. The minimum atomic E-state index is -0.0231. The first-order chi connectivity index (χ1) is 9.86. The van der Waals surface area contributed by atoms with E-state index in [2.05, 4.69) is 46.9 Å². The Morgan fingerprint density at radius 1 is 1.05 bits per heavy atom. The summed E-state index contributed by atoms with van der Waals surface area (Å²) in [6, 6.07) is 0. The standard InChI is InChI=1S/C17H31N3O/c1-8-21-16(12(4)5)17-19-13(6)15(14(7)20-17)10-18-9-11(2)3/h11-12,16,18H,8-10H2,1-7H3. The van der Waals surface area contributed by atoms with Crippen LogP contribution in [0.3, 0.4) is 0 Å². The molecular weight excluding hydrogens is 262 g/mol. The Labute approximate surface area is 129 Å². The molecule has 120 valence electrons. The molecule has 1 unspecified atom stereocenters. The van der Waals surface area contributed by atoms with Crippen molar-refractivity contribution in [2.75, 3.05) is 13.2 Å². The SMILES string of the molecule is CCOC(c1nc(C)c(CNCC(C)C)c(C)n1)C(C)C. The van der Waals surface area contributed by atoms with Gasteiger partial charge in [0, 0.05) is 30.1 Å². The smallest absolute Gasteiger partial charge is 0.157 e. The van der Waals surface area contributed by atoms with Crippen LogP contribution in [0.15, 0.2) is 0 Å². The zero-order valence-corrected chi connectivity index (χ0v) is 14.7. The van der Waals surface area contributed by atoms with Crippen LogP contribution in [0.1, 0.15) is 63.5 Å². The molecule has 0 amide bonds. The molecule has 21 heavy (non-hydrogen) atoms. The number of aromatic nitrogens is 2. The third-order valence-electron chi connectivity index (χ3n) is 3.50. The van der Waals surface area contributed by atoms with Crippen LogP contribution in [0.4, 0.5) is 0 Å². The first-order valence-electron chi connectivity index (χ1n) is 8.03. The molecule has 1 aromatic rings. The van der Waals surface area contributed by atoms with Crippen molar-refractivity contribution in [2.24, 2.45) is 11.8 Å². The second-order valence-corrected chi connectivity index (χ2v) is 6.38. The summed E-state index contributed by atoms with van der Waals surface area (Å²) < 4.78 is 5.81. The van der Waals surface area contributed by atoms with Crippen molar-refractivity contribution in [3.8, 4) is 0 Å². The number of nitrogens with one attached hydrogen (secondary N) is 1. The lowest BCUT2D eigenvalue weighted by molar-refractivity contribution is 0.0229. The molecule has 0 saturated carbocycles. The molecule has 0 aromatic carbocycles. The second kappa shape index (κ2) is 8.44. The molecule has 0 aliphatic carbocycles. The summed E-state index contributed by atoms with van der Waals surface area (Å²) in [5.74, 6) is 1.83. The van der Waals surface area contributed by atoms with E-state index < -0.39 is 0 Å². The number of rotatable bonds is 8. The van der Waals surface area contributed by atoms with Gasteiger partial charge in [0.1, 0.15) is 6.10 Å². The molecule has 0 spiro atoms. The van der Waals surface area contributed by atoms with Crippen LogP contribution in [0, 0.1) is 25.7 Å². The average Bonchev–Trinajstić information content (AvgIpc) is 2.38. The highest BCUT2D eigenvalue weighted by Gasteiger charge is 2.21. The molecular formula is C17H31N3O. The minimum Gasteiger partial charge on any atom is -0.370 e. The fourth-order valence-corrected chi connectivity index (χ4v) is 2.38. The minimum absolute atomic E-state index is 0.0231. The van der Waals surface area contributed by atoms with E-state index in [1.807, 2.05) is 6.92 Å². The van der Waals surface area contributed by atoms with E-state index in [0.717, 1.165) is 30.3 Å². The second-order valence-electron chi connectivity index (χ2n) is 6.38. The van der Waals surface area contributed by atoms with Crippen LogP contribution in [0.5, 0.6) is 0 Å². The molecule has 1 rings (SSSR count). The Hall–Kier alpha value is -1.00. The maximum Gasteiger partial charge on any atom is 0.157 e. The van der Waals surface area contributed by atoms with E-state index in [1.54, 1.807) is 0 Å². The van der Waals surface area contributed by atoms with Gasteiger partial charge in [-0.1, -0.05) is 27.7 Å². The van der Waals surface area contributed by atoms with Crippen molar-refractivity contribution >= 4 is 0 Å². The summed E-state index contributed by atoms with van der Waals surface area (Å²) in [6.07, 6.45) is -0.0231. The van der Waals surface area contributed by atoms with Crippen LogP contribution in [-0.4, -0.2) is 23.1 Å². The van der Waals surface area contributed by atoms with Gasteiger partial charge in [-0.05, 0) is 39.2 Å². The van der Waals surface area contributed by atoms with Crippen molar-refractivity contribution < 1.29 is 4.74 Å². The normalized spacial score (nSPS) is 13.2. The molecule has 4 nitrogen and oxygen atoms in total. The van der Waals surface area contributed by atoms with Gasteiger partial charge in [-0.15, -0.1) is 0 Å². The van der Waals surface area contributed by atoms with E-state index in [1.165, 1.54) is 5.56 Å². The summed E-state index contributed by atoms with van der Waals surface area (Å²) in [5, 5.41) is 3.47. The fraction of sp³-hybridized carbons (Fsp3) is 0.765. The van der Waals surface area contributed by atoms with Gasteiger partial charge >= 0.3 is 0 Å². The van der Waals surface area contributed by atoms with E-state index in [9.17, 15) is 0 Å². The molecule has 0 bridgehead atoms. The van der Waals surface area contributed by atoms with Crippen molar-refractivity contribution in [3.63, 3.8) is 0 Å². The lowest BCUT2D eigenvalue weighted by atomic mass is 10.1. The maximum absolute atomic E-state index is 5.81. The molecule has 0 fully saturated rings. The van der Waals surface area contributed by atoms with Crippen molar-refractivity contribution in [2.45, 2.75) is 61.1 Å². The molecule has 4 heteroatoms. The number of ether oxygens (including phenoxy) is 1. The van der Waals surface area contributed by atoms with Gasteiger partial charge in [-0.3, -0.25) is 0 Å². The molecule has 0 aliphatic heterocycles. The molecule has 0 radical (unpaired) electrons. The topological polar surface area (TPSA) is 47.0 Å². The summed E-state index contributed by atoms with van der Waals surface area (Å²) in [7, 11) is 0. The van der Waals surface area contributed by atoms with Crippen LogP contribution >= 0.6 is 0 Å². The van der Waals surface area contributed by atoms with Gasteiger partial charge in [0.25, 0.3) is 0 Å². The molecule has 0 saturated heterocycles. The summed E-state index contributed by atoms with van der Waals surface area (Å²) >= 11 is 0. The van der Waals surface area contributed by atoms with E-state index in [4.69, 9.17) is 14.7 Å².